The molecule has 1 rings (SSSR count). The second-order valence-corrected chi connectivity index (χ2v) is 3.55. The largest absolute Gasteiger partial charge is 0.383 e. The summed E-state index contributed by atoms with van der Waals surface area (Å²) >= 11 is 0. The van der Waals surface area contributed by atoms with Crippen molar-refractivity contribution in [2.45, 2.75) is 6.92 Å². The molecular formula is C12H16N2O. The quantitative estimate of drug-likeness (QED) is 0.752. The van der Waals surface area contributed by atoms with Gasteiger partial charge in [-0.25, -0.2) is 0 Å². The number of likely N-dealkylation sites (N-methyl/N-ethyl adjacent to an activating group) is 1. The fourth-order valence-corrected chi connectivity index (χ4v) is 1.40. The van der Waals surface area contributed by atoms with E-state index in [1.807, 2.05) is 37.1 Å². The van der Waals surface area contributed by atoms with Crippen LogP contribution in [0.1, 0.15) is 11.1 Å². The summed E-state index contributed by atoms with van der Waals surface area (Å²) in [6.07, 6.45) is 0. The first-order valence-corrected chi connectivity index (χ1v) is 4.90. The zero-order valence-electron chi connectivity index (χ0n) is 9.45. The number of ether oxygens (including phenoxy) is 1. The van der Waals surface area contributed by atoms with Crippen LogP contribution in [0.25, 0.3) is 0 Å². The van der Waals surface area contributed by atoms with E-state index in [1.54, 1.807) is 7.11 Å². The average Bonchev–Trinajstić information content (AvgIpc) is 2.25. The van der Waals surface area contributed by atoms with E-state index in [0.717, 1.165) is 17.8 Å². The molecule has 3 nitrogen and oxygen atoms in total. The summed E-state index contributed by atoms with van der Waals surface area (Å²) in [6, 6.07) is 8.03. The molecule has 0 saturated carbocycles. The predicted molar refractivity (Wildman–Crippen MR) is 61.0 cm³/mol. The monoisotopic (exact) mass is 204 g/mol. The SMILES string of the molecule is COCCN(C)c1cc(C)ccc1C#N. The summed E-state index contributed by atoms with van der Waals surface area (Å²) in [6.45, 7) is 3.47. The van der Waals surface area contributed by atoms with Gasteiger partial charge < -0.3 is 9.64 Å². The van der Waals surface area contributed by atoms with Crippen LogP contribution >= 0.6 is 0 Å². The molecule has 3 heteroatoms. The molecule has 0 spiro atoms. The van der Waals surface area contributed by atoms with Gasteiger partial charge in [0.25, 0.3) is 0 Å². The average molecular weight is 204 g/mol. The topological polar surface area (TPSA) is 36.3 Å². The highest BCUT2D eigenvalue weighted by Gasteiger charge is 2.06. The highest BCUT2D eigenvalue weighted by atomic mass is 16.5. The van der Waals surface area contributed by atoms with Gasteiger partial charge in [-0.15, -0.1) is 0 Å². The van der Waals surface area contributed by atoms with Crippen molar-refractivity contribution in [1.29, 1.82) is 5.26 Å². The first kappa shape index (κ1) is 11.5. The molecule has 0 unspecified atom stereocenters. The van der Waals surface area contributed by atoms with Crippen LogP contribution in [0, 0.1) is 18.3 Å². The summed E-state index contributed by atoms with van der Waals surface area (Å²) < 4.78 is 5.01. The fourth-order valence-electron chi connectivity index (χ4n) is 1.40. The van der Waals surface area contributed by atoms with E-state index in [-0.39, 0.29) is 0 Å². The number of hydrogen-bond acceptors (Lipinski definition) is 3. The Kier molecular flexibility index (Phi) is 4.14. The Morgan fingerprint density at radius 1 is 1.47 bits per heavy atom. The number of benzene rings is 1. The van der Waals surface area contributed by atoms with Gasteiger partial charge in [0.2, 0.25) is 0 Å². The lowest BCUT2D eigenvalue weighted by molar-refractivity contribution is 0.206. The predicted octanol–water partition coefficient (Wildman–Crippen LogP) is 1.95. The lowest BCUT2D eigenvalue weighted by atomic mass is 10.1. The molecular weight excluding hydrogens is 188 g/mol. The smallest absolute Gasteiger partial charge is 0.101 e. The Labute approximate surface area is 90.9 Å². The van der Waals surface area contributed by atoms with Crippen LogP contribution in [0.3, 0.4) is 0 Å². The maximum Gasteiger partial charge on any atom is 0.101 e. The number of aryl methyl sites for hydroxylation is 1. The first-order chi connectivity index (χ1) is 7.19. The highest BCUT2D eigenvalue weighted by Crippen LogP contribution is 2.20. The number of hydrogen-bond donors (Lipinski definition) is 0. The molecule has 0 fully saturated rings. The molecule has 0 aromatic heterocycles. The van der Waals surface area contributed by atoms with Crippen molar-refractivity contribution in [3.63, 3.8) is 0 Å². The standard InChI is InChI=1S/C12H16N2O/c1-10-4-5-11(9-13)12(8-10)14(2)6-7-15-3/h4-5,8H,6-7H2,1-3H3. The van der Waals surface area contributed by atoms with E-state index in [9.17, 15) is 0 Å². The van der Waals surface area contributed by atoms with Gasteiger partial charge in [-0.2, -0.15) is 5.26 Å². The maximum atomic E-state index is 8.98. The Hall–Kier alpha value is -1.53. The first-order valence-electron chi connectivity index (χ1n) is 4.90. The molecule has 0 N–H and O–H groups in total. The Balaban J connectivity index is 2.91. The molecule has 80 valence electrons. The van der Waals surface area contributed by atoms with Crippen LogP contribution in [0.2, 0.25) is 0 Å². The van der Waals surface area contributed by atoms with Crippen molar-refractivity contribution in [2.75, 3.05) is 32.2 Å². The molecule has 1 aromatic carbocycles. The summed E-state index contributed by atoms with van der Waals surface area (Å²) in [5.41, 5.74) is 2.84. The normalized spacial score (nSPS) is 9.73. The second kappa shape index (κ2) is 5.38. The minimum atomic E-state index is 0.662. The molecule has 0 bridgehead atoms. The third kappa shape index (κ3) is 2.97. The van der Waals surface area contributed by atoms with E-state index in [2.05, 4.69) is 6.07 Å². The van der Waals surface area contributed by atoms with E-state index >= 15 is 0 Å². The Morgan fingerprint density at radius 3 is 2.80 bits per heavy atom. The molecule has 0 saturated heterocycles. The molecule has 1 aromatic rings. The minimum absolute atomic E-state index is 0.662. The molecule has 0 radical (unpaired) electrons. The van der Waals surface area contributed by atoms with Crippen LogP contribution < -0.4 is 4.90 Å². The van der Waals surface area contributed by atoms with E-state index in [4.69, 9.17) is 10.00 Å². The molecule has 0 atom stereocenters. The molecule has 15 heavy (non-hydrogen) atoms. The van der Waals surface area contributed by atoms with E-state index in [0.29, 0.717) is 12.2 Å². The number of rotatable bonds is 4. The lowest BCUT2D eigenvalue weighted by Gasteiger charge is -2.20. The van der Waals surface area contributed by atoms with Crippen molar-refractivity contribution in [3.05, 3.63) is 29.3 Å². The number of methoxy groups -OCH3 is 1. The third-order valence-corrected chi connectivity index (χ3v) is 2.32. The fraction of sp³-hybridized carbons (Fsp3) is 0.417. The van der Waals surface area contributed by atoms with E-state index in [1.165, 1.54) is 0 Å². The van der Waals surface area contributed by atoms with Gasteiger partial charge in [-0.1, -0.05) is 6.07 Å². The van der Waals surface area contributed by atoms with Gasteiger partial charge in [0.05, 0.1) is 17.9 Å². The summed E-state index contributed by atoms with van der Waals surface area (Å²) in [5, 5.41) is 8.98. The summed E-state index contributed by atoms with van der Waals surface area (Å²) in [4.78, 5) is 2.04. The van der Waals surface area contributed by atoms with Gasteiger partial charge in [0.15, 0.2) is 0 Å². The molecule has 0 aliphatic rings. The number of anilines is 1. The van der Waals surface area contributed by atoms with Crippen LogP contribution in [-0.2, 0) is 4.74 Å². The van der Waals surface area contributed by atoms with Gasteiger partial charge in [-0.3, -0.25) is 0 Å². The Bertz CT molecular complexity index is 368. The molecule has 0 amide bonds. The number of nitrogens with zero attached hydrogens (tertiary/aromatic N) is 2. The highest BCUT2D eigenvalue weighted by molar-refractivity contribution is 5.60. The van der Waals surface area contributed by atoms with Crippen LogP contribution in [0.5, 0.6) is 0 Å². The second-order valence-electron chi connectivity index (χ2n) is 3.55. The zero-order chi connectivity index (χ0) is 11.3. The van der Waals surface area contributed by atoms with Crippen molar-refractivity contribution in [1.82, 2.24) is 0 Å². The third-order valence-electron chi connectivity index (χ3n) is 2.32. The van der Waals surface area contributed by atoms with Crippen molar-refractivity contribution in [2.24, 2.45) is 0 Å². The van der Waals surface area contributed by atoms with Gasteiger partial charge in [0.1, 0.15) is 6.07 Å². The molecule has 0 heterocycles. The molecule has 0 aliphatic heterocycles. The molecule has 0 aliphatic carbocycles. The van der Waals surface area contributed by atoms with Gasteiger partial charge in [0, 0.05) is 20.7 Å². The van der Waals surface area contributed by atoms with Crippen LogP contribution in [0.15, 0.2) is 18.2 Å². The zero-order valence-corrected chi connectivity index (χ0v) is 9.45. The minimum Gasteiger partial charge on any atom is -0.383 e. The summed E-state index contributed by atoms with van der Waals surface area (Å²) in [7, 11) is 3.64. The van der Waals surface area contributed by atoms with Crippen molar-refractivity contribution < 1.29 is 4.74 Å². The maximum absolute atomic E-state index is 8.98. The Morgan fingerprint density at radius 2 is 2.20 bits per heavy atom. The van der Waals surface area contributed by atoms with Crippen molar-refractivity contribution >= 4 is 5.69 Å². The van der Waals surface area contributed by atoms with Crippen LogP contribution in [-0.4, -0.2) is 27.3 Å². The van der Waals surface area contributed by atoms with Crippen LogP contribution in [0.4, 0.5) is 5.69 Å². The van der Waals surface area contributed by atoms with Crippen molar-refractivity contribution in [3.8, 4) is 6.07 Å². The van der Waals surface area contributed by atoms with Gasteiger partial charge >= 0.3 is 0 Å². The number of nitriles is 1. The van der Waals surface area contributed by atoms with E-state index < -0.39 is 0 Å². The lowest BCUT2D eigenvalue weighted by Crippen LogP contribution is -2.22. The van der Waals surface area contributed by atoms with Gasteiger partial charge in [-0.05, 0) is 24.6 Å². The summed E-state index contributed by atoms with van der Waals surface area (Å²) in [5.74, 6) is 0.